The first-order valence-corrected chi connectivity index (χ1v) is 11.0. The van der Waals surface area contributed by atoms with Gasteiger partial charge in [-0.25, -0.2) is 0 Å². The fourth-order valence-electron chi connectivity index (χ4n) is 2.66. The largest absolute Gasteiger partial charge is 0.348 e. The molecule has 1 atom stereocenters. The third-order valence-electron chi connectivity index (χ3n) is 4.08. The SMILES string of the molecule is Cc1cccc(CSc2nnc(CNC(=O)C(C)Cl)n2-c2cc(Cl)ccc2Cl)c1. The summed E-state index contributed by atoms with van der Waals surface area (Å²) < 4.78 is 1.81. The van der Waals surface area contributed by atoms with Crippen LogP contribution in [0.5, 0.6) is 0 Å². The molecule has 29 heavy (non-hydrogen) atoms. The van der Waals surface area contributed by atoms with Crippen molar-refractivity contribution in [3.8, 4) is 5.69 Å². The van der Waals surface area contributed by atoms with Gasteiger partial charge in [0.1, 0.15) is 5.38 Å². The summed E-state index contributed by atoms with van der Waals surface area (Å²) in [5, 5.41) is 12.4. The Kier molecular flexibility index (Phi) is 7.46. The topological polar surface area (TPSA) is 59.8 Å². The third kappa shape index (κ3) is 5.66. The Hall–Kier alpha value is -1.73. The Morgan fingerprint density at radius 3 is 2.72 bits per heavy atom. The molecule has 0 spiro atoms. The molecule has 0 radical (unpaired) electrons. The highest BCUT2D eigenvalue weighted by atomic mass is 35.5. The quantitative estimate of drug-likeness (QED) is 0.371. The molecule has 0 saturated carbocycles. The lowest BCUT2D eigenvalue weighted by Gasteiger charge is -2.13. The molecule has 0 aliphatic rings. The van der Waals surface area contributed by atoms with Crippen LogP contribution in [0.4, 0.5) is 0 Å². The summed E-state index contributed by atoms with van der Waals surface area (Å²) in [6.07, 6.45) is 0. The van der Waals surface area contributed by atoms with Crippen LogP contribution in [0.15, 0.2) is 47.6 Å². The molecule has 0 aliphatic heterocycles. The second-order valence-corrected chi connectivity index (χ2v) is 8.88. The molecule has 3 rings (SSSR count). The summed E-state index contributed by atoms with van der Waals surface area (Å²) in [6, 6.07) is 13.5. The van der Waals surface area contributed by atoms with Crippen LogP contribution in [0.25, 0.3) is 5.69 Å². The first-order chi connectivity index (χ1) is 13.8. The molecule has 152 valence electrons. The van der Waals surface area contributed by atoms with Crippen molar-refractivity contribution in [2.24, 2.45) is 0 Å². The number of amides is 1. The van der Waals surface area contributed by atoms with Crippen molar-refractivity contribution < 1.29 is 4.79 Å². The molecule has 1 unspecified atom stereocenters. The standard InChI is InChI=1S/C20H19Cl3N4OS/c1-12-4-3-5-14(8-12)11-29-20-26-25-18(10-24-19(28)13(2)21)27(20)17-9-15(22)6-7-16(17)23/h3-9,13H,10-11H2,1-2H3,(H,24,28). The van der Waals surface area contributed by atoms with Gasteiger partial charge >= 0.3 is 0 Å². The molecule has 1 N–H and O–H groups in total. The molecule has 1 amide bonds. The van der Waals surface area contributed by atoms with Gasteiger partial charge in [-0.2, -0.15) is 0 Å². The Bertz CT molecular complexity index is 1020. The summed E-state index contributed by atoms with van der Waals surface area (Å²) in [6.45, 7) is 3.83. The summed E-state index contributed by atoms with van der Waals surface area (Å²) in [5.41, 5.74) is 3.02. The lowest BCUT2D eigenvalue weighted by molar-refractivity contribution is -0.120. The molecule has 0 aliphatic carbocycles. The summed E-state index contributed by atoms with van der Waals surface area (Å²) in [7, 11) is 0. The number of hydrogen-bond donors (Lipinski definition) is 1. The molecule has 0 bridgehead atoms. The maximum absolute atomic E-state index is 11.9. The number of thioether (sulfide) groups is 1. The zero-order valence-electron chi connectivity index (χ0n) is 15.8. The van der Waals surface area contributed by atoms with Crippen molar-refractivity contribution in [2.75, 3.05) is 0 Å². The van der Waals surface area contributed by atoms with Crippen molar-refractivity contribution in [2.45, 2.75) is 36.7 Å². The van der Waals surface area contributed by atoms with Crippen LogP contribution in [0.2, 0.25) is 10.0 Å². The number of benzene rings is 2. The van der Waals surface area contributed by atoms with E-state index in [2.05, 4.69) is 40.6 Å². The van der Waals surface area contributed by atoms with Gasteiger partial charge in [-0.3, -0.25) is 9.36 Å². The van der Waals surface area contributed by atoms with Crippen molar-refractivity contribution in [3.05, 3.63) is 69.5 Å². The van der Waals surface area contributed by atoms with Gasteiger partial charge in [0.2, 0.25) is 5.91 Å². The van der Waals surface area contributed by atoms with Crippen LogP contribution in [0, 0.1) is 6.92 Å². The number of hydrogen-bond acceptors (Lipinski definition) is 4. The summed E-state index contributed by atoms with van der Waals surface area (Å²) in [5.74, 6) is 0.960. The van der Waals surface area contributed by atoms with Gasteiger partial charge in [0.15, 0.2) is 11.0 Å². The lowest BCUT2D eigenvalue weighted by Crippen LogP contribution is -2.30. The van der Waals surface area contributed by atoms with Crippen LogP contribution in [-0.4, -0.2) is 26.0 Å². The average Bonchev–Trinajstić information content (AvgIpc) is 3.09. The van der Waals surface area contributed by atoms with E-state index in [0.29, 0.717) is 32.5 Å². The number of carbonyl (C=O) groups excluding carboxylic acids is 1. The van der Waals surface area contributed by atoms with Gasteiger partial charge in [-0.15, -0.1) is 21.8 Å². The smallest absolute Gasteiger partial charge is 0.238 e. The lowest BCUT2D eigenvalue weighted by atomic mass is 10.2. The maximum Gasteiger partial charge on any atom is 0.238 e. The minimum atomic E-state index is -0.642. The number of aromatic nitrogens is 3. The van der Waals surface area contributed by atoms with E-state index < -0.39 is 5.38 Å². The maximum atomic E-state index is 11.9. The van der Waals surface area contributed by atoms with Gasteiger partial charge in [0.05, 0.1) is 17.3 Å². The zero-order valence-corrected chi connectivity index (χ0v) is 18.9. The van der Waals surface area contributed by atoms with Gasteiger partial charge < -0.3 is 5.32 Å². The van der Waals surface area contributed by atoms with Crippen LogP contribution in [-0.2, 0) is 17.1 Å². The number of nitrogens with one attached hydrogen (secondary N) is 1. The first kappa shape index (κ1) is 22.0. The fourth-order valence-corrected chi connectivity index (χ4v) is 4.02. The Morgan fingerprint density at radius 2 is 2.00 bits per heavy atom. The Morgan fingerprint density at radius 1 is 1.21 bits per heavy atom. The van der Waals surface area contributed by atoms with Crippen molar-refractivity contribution in [1.29, 1.82) is 0 Å². The van der Waals surface area contributed by atoms with Crippen LogP contribution in [0.1, 0.15) is 23.9 Å². The van der Waals surface area contributed by atoms with E-state index in [9.17, 15) is 4.79 Å². The molecule has 9 heteroatoms. The van der Waals surface area contributed by atoms with E-state index in [4.69, 9.17) is 34.8 Å². The molecule has 1 heterocycles. The van der Waals surface area contributed by atoms with E-state index in [-0.39, 0.29) is 12.5 Å². The predicted molar refractivity (Wildman–Crippen MR) is 119 cm³/mol. The predicted octanol–water partition coefficient (Wildman–Crippen LogP) is 5.42. The number of rotatable bonds is 7. The van der Waals surface area contributed by atoms with E-state index in [0.717, 1.165) is 0 Å². The van der Waals surface area contributed by atoms with Crippen LogP contribution < -0.4 is 5.32 Å². The van der Waals surface area contributed by atoms with Gasteiger partial charge in [-0.1, -0.05) is 64.8 Å². The monoisotopic (exact) mass is 468 g/mol. The number of nitrogens with zero attached hydrogens (tertiary/aromatic N) is 3. The van der Waals surface area contributed by atoms with E-state index >= 15 is 0 Å². The number of halogens is 3. The van der Waals surface area contributed by atoms with E-state index in [1.54, 1.807) is 25.1 Å². The van der Waals surface area contributed by atoms with Crippen LogP contribution >= 0.6 is 46.6 Å². The minimum absolute atomic E-state index is 0.163. The highest BCUT2D eigenvalue weighted by molar-refractivity contribution is 7.98. The third-order valence-corrected chi connectivity index (χ3v) is 5.83. The molecule has 2 aromatic carbocycles. The minimum Gasteiger partial charge on any atom is -0.348 e. The Balaban J connectivity index is 1.93. The van der Waals surface area contributed by atoms with Gasteiger partial charge in [-0.05, 0) is 37.6 Å². The number of alkyl halides is 1. The molecule has 5 nitrogen and oxygen atoms in total. The second-order valence-electron chi connectivity index (χ2n) is 6.44. The molecular weight excluding hydrogens is 451 g/mol. The van der Waals surface area contributed by atoms with E-state index in [1.165, 1.54) is 22.9 Å². The molecule has 0 fully saturated rings. The highest BCUT2D eigenvalue weighted by Crippen LogP contribution is 2.31. The average molecular weight is 470 g/mol. The number of carbonyl (C=O) groups is 1. The van der Waals surface area contributed by atoms with Crippen molar-refractivity contribution >= 4 is 52.5 Å². The summed E-state index contributed by atoms with van der Waals surface area (Å²) >= 11 is 20.0. The van der Waals surface area contributed by atoms with Crippen molar-refractivity contribution in [1.82, 2.24) is 20.1 Å². The Labute approximate surface area is 188 Å². The second kappa shape index (κ2) is 9.85. The molecule has 1 aromatic heterocycles. The van der Waals surface area contributed by atoms with Crippen LogP contribution in [0.3, 0.4) is 0 Å². The molecular formula is C20H19Cl3N4OS. The first-order valence-electron chi connectivity index (χ1n) is 8.85. The highest BCUT2D eigenvalue weighted by Gasteiger charge is 2.19. The summed E-state index contributed by atoms with van der Waals surface area (Å²) in [4.78, 5) is 11.9. The fraction of sp³-hybridized carbons (Fsp3) is 0.250. The zero-order chi connectivity index (χ0) is 21.0. The molecule has 3 aromatic rings. The van der Waals surface area contributed by atoms with E-state index in [1.807, 2.05) is 10.6 Å². The van der Waals surface area contributed by atoms with Crippen molar-refractivity contribution in [3.63, 3.8) is 0 Å². The molecule has 0 saturated heterocycles. The normalized spacial score (nSPS) is 12.0. The van der Waals surface area contributed by atoms with Gasteiger partial charge in [0.25, 0.3) is 0 Å². The van der Waals surface area contributed by atoms with Gasteiger partial charge in [0, 0.05) is 10.8 Å². The number of aryl methyl sites for hydroxylation is 1.